The Balaban J connectivity index is 1.25. The fraction of sp³-hybridized carbons (Fsp3) is 0.0357. The summed E-state index contributed by atoms with van der Waals surface area (Å²) in [6.45, 7) is 0.240. The van der Waals surface area contributed by atoms with Crippen molar-refractivity contribution in [3.63, 3.8) is 0 Å². The number of nitrogens with one attached hydrogen (secondary N) is 2. The average Bonchev–Trinajstić information content (AvgIpc) is 3.33. The molecule has 0 spiro atoms. The minimum Gasteiger partial charge on any atom is -0.489 e. The molecule has 5 aromatic rings. The number of hydrogen-bond donors (Lipinski definition) is 2. The molecule has 0 aliphatic carbocycles. The van der Waals surface area contributed by atoms with E-state index in [1.54, 1.807) is 60.7 Å². The summed E-state index contributed by atoms with van der Waals surface area (Å²) in [4.78, 5) is 33.3. The van der Waals surface area contributed by atoms with Crippen molar-refractivity contribution in [1.82, 2.24) is 15.3 Å². The van der Waals surface area contributed by atoms with Gasteiger partial charge in [-0.2, -0.15) is 0 Å². The number of imidazole rings is 1. The molecular weight excluding hydrogens is 533 g/mol. The monoisotopic (exact) mass is 549 g/mol. The maximum atomic E-state index is 12.8. The molecule has 0 saturated heterocycles. The summed E-state index contributed by atoms with van der Waals surface area (Å²) in [5, 5.41) is 3.88. The second-order valence-electron chi connectivity index (χ2n) is 8.13. The highest BCUT2D eigenvalue weighted by Gasteiger charge is 2.16. The van der Waals surface area contributed by atoms with Crippen LogP contribution in [0.4, 0.5) is 0 Å². The van der Waals surface area contributed by atoms with E-state index >= 15 is 0 Å². The zero-order valence-electron chi connectivity index (χ0n) is 19.1. The molecule has 0 radical (unpaired) electrons. The number of amides is 2. The second kappa shape index (κ2) is 10.6. The van der Waals surface area contributed by atoms with Gasteiger partial charge in [0.25, 0.3) is 11.8 Å². The fourth-order valence-corrected chi connectivity index (χ4v) is 4.35. The molecule has 2 N–H and O–H groups in total. The van der Waals surface area contributed by atoms with Gasteiger partial charge in [0.15, 0.2) is 0 Å². The maximum absolute atomic E-state index is 12.8. The van der Waals surface area contributed by atoms with Crippen LogP contribution in [0.25, 0.3) is 22.4 Å². The molecule has 0 aliphatic heterocycles. The average molecular weight is 551 g/mol. The number of H-pyrrole nitrogens is 1. The third-order valence-electron chi connectivity index (χ3n) is 5.63. The smallest absolute Gasteiger partial charge is 0.258 e. The Morgan fingerprint density at radius 2 is 1.54 bits per heavy atom. The Hall–Kier alpha value is -3.84. The van der Waals surface area contributed by atoms with Gasteiger partial charge in [-0.25, -0.2) is 4.98 Å². The van der Waals surface area contributed by atoms with Gasteiger partial charge in [0, 0.05) is 32.3 Å². The quantitative estimate of drug-likeness (QED) is 0.217. The molecule has 0 unspecified atom stereocenters. The Morgan fingerprint density at radius 1 is 0.811 bits per heavy atom. The summed E-state index contributed by atoms with van der Waals surface area (Å²) in [6.07, 6.45) is 0. The van der Waals surface area contributed by atoms with Crippen LogP contribution in [-0.4, -0.2) is 21.8 Å². The predicted molar refractivity (Wildman–Crippen MR) is 146 cm³/mol. The van der Waals surface area contributed by atoms with Crippen LogP contribution in [0, 0.1) is 0 Å². The Bertz CT molecular complexity index is 1600. The number of halogens is 3. The van der Waals surface area contributed by atoms with Gasteiger partial charge in [-0.15, -0.1) is 0 Å². The van der Waals surface area contributed by atoms with Crippen molar-refractivity contribution in [3.8, 4) is 17.1 Å². The lowest BCUT2D eigenvalue weighted by molar-refractivity contribution is 0.0849. The number of carbonyl (C=O) groups is 2. The number of fused-ring (bicyclic) bond motifs is 1. The molecule has 1 heterocycles. The number of rotatable bonds is 6. The lowest BCUT2D eigenvalue weighted by atomic mass is 10.1. The van der Waals surface area contributed by atoms with Gasteiger partial charge in [0.05, 0.1) is 16.1 Å². The van der Waals surface area contributed by atoms with Gasteiger partial charge in [0.2, 0.25) is 0 Å². The molecule has 0 saturated carbocycles. The third kappa shape index (κ3) is 5.62. The van der Waals surface area contributed by atoms with Gasteiger partial charge in [-0.05, 0) is 66.7 Å². The van der Waals surface area contributed by atoms with E-state index in [-0.39, 0.29) is 12.2 Å². The minimum absolute atomic E-state index is 0.240. The van der Waals surface area contributed by atoms with Crippen LogP contribution in [-0.2, 0) is 6.61 Å². The largest absolute Gasteiger partial charge is 0.489 e. The van der Waals surface area contributed by atoms with Crippen molar-refractivity contribution in [2.75, 3.05) is 0 Å². The van der Waals surface area contributed by atoms with E-state index in [1.807, 2.05) is 24.3 Å². The first kappa shape index (κ1) is 24.8. The minimum atomic E-state index is -0.559. The van der Waals surface area contributed by atoms with Gasteiger partial charge in [0.1, 0.15) is 18.2 Å². The molecular formula is C28H18Cl3N3O3. The van der Waals surface area contributed by atoms with Crippen LogP contribution in [0.3, 0.4) is 0 Å². The Labute approximate surface area is 227 Å². The van der Waals surface area contributed by atoms with E-state index in [2.05, 4.69) is 15.3 Å². The van der Waals surface area contributed by atoms with Gasteiger partial charge < -0.3 is 9.72 Å². The van der Waals surface area contributed by atoms with E-state index in [1.165, 1.54) is 0 Å². The zero-order chi connectivity index (χ0) is 25.9. The summed E-state index contributed by atoms with van der Waals surface area (Å²) in [5.41, 5.74) is 3.54. The first-order valence-corrected chi connectivity index (χ1v) is 12.3. The molecule has 0 atom stereocenters. The van der Waals surface area contributed by atoms with E-state index in [9.17, 15) is 9.59 Å². The SMILES string of the molecule is O=C(NC(=O)c1ccc(Cl)c(-c2nc3ccccc3[nH]2)c1)c1ccc(OCc2ccc(Cl)cc2Cl)cc1. The van der Waals surface area contributed by atoms with Crippen LogP contribution in [0.15, 0.2) is 84.9 Å². The zero-order valence-corrected chi connectivity index (χ0v) is 21.4. The number of hydrogen-bond acceptors (Lipinski definition) is 4. The van der Waals surface area contributed by atoms with Crippen molar-refractivity contribution in [1.29, 1.82) is 0 Å². The van der Waals surface area contributed by atoms with Crippen LogP contribution >= 0.6 is 34.8 Å². The number of benzene rings is 4. The summed E-state index contributed by atoms with van der Waals surface area (Å²) in [7, 11) is 0. The number of carbonyl (C=O) groups excluding carboxylic acids is 2. The molecule has 0 aliphatic rings. The topological polar surface area (TPSA) is 84.1 Å². The molecule has 2 amide bonds. The van der Waals surface area contributed by atoms with Crippen LogP contribution < -0.4 is 10.1 Å². The van der Waals surface area contributed by atoms with Gasteiger partial charge >= 0.3 is 0 Å². The molecule has 9 heteroatoms. The lowest BCUT2D eigenvalue weighted by Crippen LogP contribution is -2.30. The van der Waals surface area contributed by atoms with E-state index in [4.69, 9.17) is 39.5 Å². The molecule has 0 fully saturated rings. The van der Waals surface area contributed by atoms with Crippen molar-refractivity contribution < 1.29 is 14.3 Å². The number of nitrogens with zero attached hydrogens (tertiary/aromatic N) is 1. The van der Waals surface area contributed by atoms with Crippen molar-refractivity contribution in [2.45, 2.75) is 6.61 Å². The highest BCUT2D eigenvalue weighted by molar-refractivity contribution is 6.35. The molecule has 4 aromatic carbocycles. The van der Waals surface area contributed by atoms with Crippen LogP contribution in [0.5, 0.6) is 5.75 Å². The second-order valence-corrected chi connectivity index (χ2v) is 9.38. The Morgan fingerprint density at radius 3 is 2.30 bits per heavy atom. The fourth-order valence-electron chi connectivity index (χ4n) is 3.68. The van der Waals surface area contributed by atoms with Gasteiger partial charge in [-0.3, -0.25) is 14.9 Å². The van der Waals surface area contributed by atoms with E-state index < -0.39 is 11.8 Å². The van der Waals surface area contributed by atoms with Crippen molar-refractivity contribution >= 4 is 57.7 Å². The molecule has 0 bridgehead atoms. The molecule has 5 rings (SSSR count). The van der Waals surface area contributed by atoms with Crippen molar-refractivity contribution in [2.24, 2.45) is 0 Å². The summed E-state index contributed by atoms with van der Waals surface area (Å²) in [6, 6.07) is 23.9. The highest BCUT2D eigenvalue weighted by atomic mass is 35.5. The van der Waals surface area contributed by atoms with Crippen LogP contribution in [0.1, 0.15) is 26.3 Å². The molecule has 6 nitrogen and oxygen atoms in total. The summed E-state index contributed by atoms with van der Waals surface area (Å²) in [5.74, 6) is -0.0287. The standard InChI is InChI=1S/C28H18Cl3N3O3/c29-19-9-5-18(23(31)14-19)15-37-20-10-6-16(7-11-20)27(35)34-28(36)17-8-12-22(30)21(13-17)26-32-24-3-1-2-4-25(24)33-26/h1-14H,15H2,(H,32,33)(H,34,35,36). The van der Waals surface area contributed by atoms with Crippen LogP contribution in [0.2, 0.25) is 15.1 Å². The van der Waals surface area contributed by atoms with E-state index in [0.29, 0.717) is 37.8 Å². The first-order valence-electron chi connectivity index (χ1n) is 11.1. The number of para-hydroxylation sites is 2. The molecule has 1 aromatic heterocycles. The normalized spacial score (nSPS) is 10.9. The first-order chi connectivity index (χ1) is 17.9. The Kier molecular flexibility index (Phi) is 7.15. The summed E-state index contributed by atoms with van der Waals surface area (Å²) >= 11 is 18.5. The lowest BCUT2D eigenvalue weighted by Gasteiger charge is -2.09. The maximum Gasteiger partial charge on any atom is 0.258 e. The third-order valence-corrected chi connectivity index (χ3v) is 6.54. The molecule has 184 valence electrons. The number of aromatic nitrogens is 2. The highest BCUT2D eigenvalue weighted by Crippen LogP contribution is 2.29. The number of ether oxygens (including phenoxy) is 1. The van der Waals surface area contributed by atoms with E-state index in [0.717, 1.165) is 16.6 Å². The van der Waals surface area contributed by atoms with Gasteiger partial charge in [-0.1, -0.05) is 53.0 Å². The number of aromatic amines is 1. The predicted octanol–water partition coefficient (Wildman–Crippen LogP) is 7.34. The summed E-state index contributed by atoms with van der Waals surface area (Å²) < 4.78 is 5.74. The number of imide groups is 1. The molecule has 37 heavy (non-hydrogen) atoms. The van der Waals surface area contributed by atoms with Crippen molar-refractivity contribution in [3.05, 3.63) is 117 Å².